The van der Waals surface area contributed by atoms with Crippen LogP contribution in [0.25, 0.3) is 0 Å². The lowest BCUT2D eigenvalue weighted by atomic mass is 9.99. The smallest absolute Gasteiger partial charge is 0.184 e. The number of hydrogen-bond donors (Lipinski definition) is 2. The summed E-state index contributed by atoms with van der Waals surface area (Å²) >= 11 is 0. The fraction of sp³-hybridized carbons (Fsp3) is 0.417. The molecule has 1 heterocycles. The fourth-order valence-corrected chi connectivity index (χ4v) is 1.77. The molecule has 1 aromatic carbocycles. The van der Waals surface area contributed by atoms with Crippen molar-refractivity contribution in [2.75, 3.05) is 13.2 Å². The second-order valence-corrected chi connectivity index (χ2v) is 3.72. The Balaban J connectivity index is 2.30. The summed E-state index contributed by atoms with van der Waals surface area (Å²) in [7, 11) is 0. The summed E-state index contributed by atoms with van der Waals surface area (Å²) in [5.41, 5.74) is 1.10. The Labute approximate surface area is 98.8 Å². The molecule has 0 spiro atoms. The van der Waals surface area contributed by atoms with Gasteiger partial charge < -0.3 is 19.7 Å². The van der Waals surface area contributed by atoms with Gasteiger partial charge in [0.2, 0.25) is 0 Å². The van der Waals surface area contributed by atoms with Gasteiger partial charge in [0, 0.05) is 5.56 Å². The molecule has 0 aliphatic carbocycles. The first-order chi connectivity index (χ1) is 8.24. The lowest BCUT2D eigenvalue weighted by Crippen LogP contribution is -2.18. The van der Waals surface area contributed by atoms with E-state index in [2.05, 4.69) is 0 Å². The Morgan fingerprint density at radius 1 is 1.24 bits per heavy atom. The first kappa shape index (κ1) is 12.0. The van der Waals surface area contributed by atoms with Crippen LogP contribution < -0.4 is 0 Å². The first-order valence-electron chi connectivity index (χ1n) is 5.32. The molecule has 0 aromatic heterocycles. The van der Waals surface area contributed by atoms with Gasteiger partial charge in [-0.1, -0.05) is 24.3 Å². The lowest BCUT2D eigenvalue weighted by Gasteiger charge is -2.19. The fourth-order valence-electron chi connectivity index (χ4n) is 1.77. The van der Waals surface area contributed by atoms with Crippen LogP contribution in [0.5, 0.6) is 0 Å². The molecule has 1 aliphatic heterocycles. The molecular formula is C12H13NO4. The number of ether oxygens (including phenoxy) is 2. The quantitative estimate of drug-likeness (QED) is 0.751. The molecule has 0 radical (unpaired) electrons. The van der Waals surface area contributed by atoms with Gasteiger partial charge in [0.05, 0.1) is 19.3 Å². The highest BCUT2D eigenvalue weighted by Gasteiger charge is 2.26. The van der Waals surface area contributed by atoms with Crippen molar-refractivity contribution in [1.82, 2.24) is 0 Å². The second-order valence-electron chi connectivity index (χ2n) is 3.72. The molecule has 2 N–H and O–H groups in total. The van der Waals surface area contributed by atoms with E-state index in [0.717, 1.165) is 0 Å². The van der Waals surface area contributed by atoms with E-state index in [1.165, 1.54) is 0 Å². The van der Waals surface area contributed by atoms with Crippen molar-refractivity contribution in [3.05, 3.63) is 35.4 Å². The summed E-state index contributed by atoms with van der Waals surface area (Å²) in [5.74, 6) is 0. The number of aliphatic hydroxyl groups is 2. The minimum Gasteiger partial charge on any atom is -0.385 e. The van der Waals surface area contributed by atoms with Gasteiger partial charge in [-0.25, -0.2) is 0 Å². The molecule has 1 aliphatic rings. The normalized spacial score (nSPS) is 19.8. The monoisotopic (exact) mass is 235 g/mol. The standard InChI is InChI=1S/C12H13NO4/c13-7-10(14)11(15)8-3-1-2-4-9(8)12-16-5-6-17-12/h1-4,10-12,14-15H,5-6H2. The molecule has 2 atom stereocenters. The predicted octanol–water partition coefficient (Wildman–Crippen LogP) is 0.650. The summed E-state index contributed by atoms with van der Waals surface area (Å²) in [6.07, 6.45) is -3.26. The molecular weight excluding hydrogens is 222 g/mol. The topological polar surface area (TPSA) is 82.7 Å². The maximum Gasteiger partial charge on any atom is 0.184 e. The number of nitriles is 1. The van der Waals surface area contributed by atoms with Gasteiger partial charge in [-0.05, 0) is 5.56 Å². The van der Waals surface area contributed by atoms with E-state index < -0.39 is 18.5 Å². The van der Waals surface area contributed by atoms with E-state index in [1.54, 1.807) is 30.3 Å². The first-order valence-corrected chi connectivity index (χ1v) is 5.32. The van der Waals surface area contributed by atoms with E-state index in [4.69, 9.17) is 14.7 Å². The molecule has 5 heteroatoms. The lowest BCUT2D eigenvalue weighted by molar-refractivity contribution is -0.0473. The van der Waals surface area contributed by atoms with Crippen molar-refractivity contribution in [3.8, 4) is 6.07 Å². The van der Waals surface area contributed by atoms with Crippen molar-refractivity contribution in [3.63, 3.8) is 0 Å². The number of nitrogens with zero attached hydrogens (tertiary/aromatic N) is 1. The summed E-state index contributed by atoms with van der Waals surface area (Å²) in [5, 5.41) is 27.8. The molecule has 90 valence electrons. The molecule has 5 nitrogen and oxygen atoms in total. The third kappa shape index (κ3) is 2.46. The predicted molar refractivity (Wildman–Crippen MR) is 57.7 cm³/mol. The Morgan fingerprint density at radius 3 is 2.53 bits per heavy atom. The van der Waals surface area contributed by atoms with E-state index in [-0.39, 0.29) is 0 Å². The number of rotatable bonds is 3. The minimum absolute atomic E-state index is 0.452. The molecule has 0 amide bonds. The van der Waals surface area contributed by atoms with E-state index in [1.807, 2.05) is 0 Å². The average molecular weight is 235 g/mol. The van der Waals surface area contributed by atoms with Crippen LogP contribution in [0, 0.1) is 11.3 Å². The van der Waals surface area contributed by atoms with Crippen molar-refractivity contribution in [2.45, 2.75) is 18.5 Å². The molecule has 0 saturated carbocycles. The molecule has 1 aromatic rings. The van der Waals surface area contributed by atoms with Crippen LogP contribution in [-0.2, 0) is 9.47 Å². The van der Waals surface area contributed by atoms with Crippen LogP contribution in [-0.4, -0.2) is 29.5 Å². The third-order valence-corrected chi connectivity index (χ3v) is 2.62. The molecule has 1 saturated heterocycles. The van der Waals surface area contributed by atoms with Gasteiger partial charge in [-0.3, -0.25) is 0 Å². The van der Waals surface area contributed by atoms with Crippen molar-refractivity contribution >= 4 is 0 Å². The van der Waals surface area contributed by atoms with Crippen LogP contribution in [0.2, 0.25) is 0 Å². The average Bonchev–Trinajstić information content (AvgIpc) is 2.90. The van der Waals surface area contributed by atoms with Crippen LogP contribution in [0.1, 0.15) is 23.5 Å². The Bertz CT molecular complexity index is 423. The SMILES string of the molecule is N#CC(O)C(O)c1ccccc1C1OCCO1. The highest BCUT2D eigenvalue weighted by Crippen LogP contribution is 2.30. The Kier molecular flexibility index (Phi) is 3.71. The summed E-state index contributed by atoms with van der Waals surface area (Å²) in [6, 6.07) is 8.51. The van der Waals surface area contributed by atoms with Crippen LogP contribution >= 0.6 is 0 Å². The van der Waals surface area contributed by atoms with Gasteiger partial charge >= 0.3 is 0 Å². The summed E-state index contributed by atoms with van der Waals surface area (Å²) in [6.45, 7) is 0.992. The number of hydrogen-bond acceptors (Lipinski definition) is 5. The molecule has 2 rings (SSSR count). The minimum atomic E-state index is -1.46. The molecule has 2 unspecified atom stereocenters. The largest absolute Gasteiger partial charge is 0.385 e. The highest BCUT2D eigenvalue weighted by molar-refractivity contribution is 5.32. The maximum atomic E-state index is 9.85. The van der Waals surface area contributed by atoms with Gasteiger partial charge in [0.1, 0.15) is 6.10 Å². The zero-order valence-corrected chi connectivity index (χ0v) is 9.11. The zero-order chi connectivity index (χ0) is 12.3. The summed E-state index contributed by atoms with van der Waals surface area (Å²) < 4.78 is 10.7. The van der Waals surface area contributed by atoms with Crippen molar-refractivity contribution in [2.24, 2.45) is 0 Å². The second kappa shape index (κ2) is 5.25. The third-order valence-electron chi connectivity index (χ3n) is 2.62. The molecule has 17 heavy (non-hydrogen) atoms. The van der Waals surface area contributed by atoms with Gasteiger partial charge in [-0.15, -0.1) is 0 Å². The van der Waals surface area contributed by atoms with Crippen molar-refractivity contribution < 1.29 is 19.7 Å². The Morgan fingerprint density at radius 2 is 1.88 bits per heavy atom. The van der Waals surface area contributed by atoms with Gasteiger partial charge in [0.15, 0.2) is 12.4 Å². The summed E-state index contributed by atoms with van der Waals surface area (Å²) in [4.78, 5) is 0. The van der Waals surface area contributed by atoms with E-state index in [9.17, 15) is 10.2 Å². The van der Waals surface area contributed by atoms with Crippen molar-refractivity contribution in [1.29, 1.82) is 5.26 Å². The van der Waals surface area contributed by atoms with Gasteiger partial charge in [-0.2, -0.15) is 5.26 Å². The zero-order valence-electron chi connectivity index (χ0n) is 9.11. The Hall–Kier alpha value is -1.45. The maximum absolute atomic E-state index is 9.85. The van der Waals surface area contributed by atoms with Crippen LogP contribution in [0.4, 0.5) is 0 Å². The van der Waals surface area contributed by atoms with Gasteiger partial charge in [0.25, 0.3) is 0 Å². The van der Waals surface area contributed by atoms with E-state index >= 15 is 0 Å². The molecule has 0 bridgehead atoms. The van der Waals surface area contributed by atoms with Crippen LogP contribution in [0.15, 0.2) is 24.3 Å². The van der Waals surface area contributed by atoms with E-state index in [0.29, 0.717) is 24.3 Å². The highest BCUT2D eigenvalue weighted by atomic mass is 16.7. The van der Waals surface area contributed by atoms with Crippen LogP contribution in [0.3, 0.4) is 0 Å². The number of aliphatic hydroxyl groups excluding tert-OH is 2. The number of benzene rings is 1. The molecule has 1 fully saturated rings.